The van der Waals surface area contributed by atoms with Gasteiger partial charge in [-0.1, -0.05) is 68.8 Å². The number of rotatable bonds is 2. The first-order valence-corrected chi connectivity index (χ1v) is 9.38. The van der Waals surface area contributed by atoms with Crippen molar-refractivity contribution in [3.05, 3.63) is 77.0 Å². The Hall–Kier alpha value is -2.88. The van der Waals surface area contributed by atoms with Gasteiger partial charge in [0.15, 0.2) is 0 Å². The number of para-hydroxylation sites is 1. The van der Waals surface area contributed by atoms with Crippen molar-refractivity contribution in [2.24, 2.45) is 0 Å². The fraction of sp³-hybridized carbons (Fsp3) is 0.304. The molecule has 0 fully saturated rings. The second-order valence-corrected chi connectivity index (χ2v) is 8.32. The van der Waals surface area contributed by atoms with Crippen molar-refractivity contribution < 1.29 is 4.79 Å². The number of benzene rings is 2. The normalized spacial score (nSPS) is 13.9. The van der Waals surface area contributed by atoms with Crippen LogP contribution in [0.4, 0.5) is 5.82 Å². The van der Waals surface area contributed by atoms with Gasteiger partial charge in [0.25, 0.3) is 0 Å². The van der Waals surface area contributed by atoms with Gasteiger partial charge in [-0.15, -0.1) is 0 Å². The van der Waals surface area contributed by atoms with E-state index in [0.29, 0.717) is 13.0 Å². The molecule has 0 atom stereocenters. The molecule has 4 nitrogen and oxygen atoms in total. The summed E-state index contributed by atoms with van der Waals surface area (Å²) in [7, 11) is 0. The van der Waals surface area contributed by atoms with Crippen LogP contribution < -0.4 is 4.90 Å². The molecular weight excluding hydrogens is 334 g/mol. The molecule has 2 aromatic carbocycles. The third-order valence-corrected chi connectivity index (χ3v) is 5.06. The highest BCUT2D eigenvalue weighted by molar-refractivity contribution is 5.96. The number of hydrogen-bond acceptors (Lipinski definition) is 2. The van der Waals surface area contributed by atoms with Gasteiger partial charge in [0, 0.05) is 11.5 Å². The molecule has 0 N–H and O–H groups in total. The van der Waals surface area contributed by atoms with Crippen molar-refractivity contribution >= 4 is 11.7 Å². The molecule has 1 amide bonds. The molecule has 1 aliphatic rings. The Morgan fingerprint density at radius 1 is 1.04 bits per heavy atom. The minimum atomic E-state index is -0.0906. The third kappa shape index (κ3) is 3.27. The van der Waals surface area contributed by atoms with E-state index in [9.17, 15) is 4.79 Å². The Morgan fingerprint density at radius 2 is 1.74 bits per heavy atom. The lowest BCUT2D eigenvalue weighted by atomic mass is 9.92. The Labute approximate surface area is 160 Å². The van der Waals surface area contributed by atoms with Crippen molar-refractivity contribution in [3.63, 3.8) is 0 Å². The van der Waals surface area contributed by atoms with Gasteiger partial charge in [0.05, 0.1) is 24.3 Å². The van der Waals surface area contributed by atoms with E-state index in [4.69, 9.17) is 5.10 Å². The molecule has 1 aliphatic heterocycles. The molecular formula is C23H25N3O. The lowest BCUT2D eigenvalue weighted by Crippen LogP contribution is -2.31. The zero-order valence-corrected chi connectivity index (χ0v) is 16.4. The van der Waals surface area contributed by atoms with Crippen LogP contribution in [0.5, 0.6) is 0 Å². The number of aromatic nitrogens is 2. The van der Waals surface area contributed by atoms with Gasteiger partial charge in [-0.25, -0.2) is 4.68 Å². The molecule has 3 aromatic rings. The van der Waals surface area contributed by atoms with E-state index in [1.807, 2.05) is 33.8 Å². The predicted molar refractivity (Wildman–Crippen MR) is 108 cm³/mol. The van der Waals surface area contributed by atoms with Crippen molar-refractivity contribution in [2.75, 3.05) is 4.90 Å². The molecule has 27 heavy (non-hydrogen) atoms. The standard InChI is InChI=1S/C23H25N3O/c1-16-9-11-17(12-10-16)15-25-21-14-20(23(2,3)4)24-26(21)19-8-6-5-7-18(19)13-22(25)27/h5-12,14H,13,15H2,1-4H3. The lowest BCUT2D eigenvalue weighted by Gasteiger charge is -2.21. The van der Waals surface area contributed by atoms with Crippen molar-refractivity contribution in [1.29, 1.82) is 0 Å². The van der Waals surface area contributed by atoms with Gasteiger partial charge in [-0.05, 0) is 24.1 Å². The van der Waals surface area contributed by atoms with E-state index >= 15 is 0 Å². The first-order valence-electron chi connectivity index (χ1n) is 9.38. The molecule has 0 saturated heterocycles. The van der Waals surface area contributed by atoms with Gasteiger partial charge in [0.1, 0.15) is 5.82 Å². The first-order chi connectivity index (χ1) is 12.8. The average molecular weight is 359 g/mol. The Morgan fingerprint density at radius 3 is 2.44 bits per heavy atom. The van der Waals surface area contributed by atoms with Crippen LogP contribution in [-0.4, -0.2) is 15.7 Å². The van der Waals surface area contributed by atoms with Gasteiger partial charge < -0.3 is 0 Å². The van der Waals surface area contributed by atoms with E-state index in [2.05, 4.69) is 58.0 Å². The second kappa shape index (κ2) is 6.38. The number of nitrogens with zero attached hydrogens (tertiary/aromatic N) is 3. The van der Waals surface area contributed by atoms with Crippen LogP contribution in [-0.2, 0) is 23.2 Å². The highest BCUT2D eigenvalue weighted by Gasteiger charge is 2.30. The van der Waals surface area contributed by atoms with Crippen LogP contribution in [0.2, 0.25) is 0 Å². The zero-order chi connectivity index (χ0) is 19.2. The third-order valence-electron chi connectivity index (χ3n) is 5.06. The van der Waals surface area contributed by atoms with Crippen molar-refractivity contribution in [1.82, 2.24) is 9.78 Å². The Kier molecular flexibility index (Phi) is 4.14. The lowest BCUT2D eigenvalue weighted by molar-refractivity contribution is -0.118. The van der Waals surface area contributed by atoms with E-state index in [1.54, 1.807) is 0 Å². The topological polar surface area (TPSA) is 38.1 Å². The molecule has 0 radical (unpaired) electrons. The van der Waals surface area contributed by atoms with E-state index in [1.165, 1.54) is 5.56 Å². The summed E-state index contributed by atoms with van der Waals surface area (Å²) in [6.45, 7) is 9.05. The van der Waals surface area contributed by atoms with Crippen molar-refractivity contribution in [2.45, 2.75) is 46.1 Å². The van der Waals surface area contributed by atoms with Crippen LogP contribution in [0.1, 0.15) is 43.2 Å². The SMILES string of the molecule is Cc1ccc(CN2C(=O)Cc3ccccc3-n3nc(C(C)(C)C)cc32)cc1. The number of hydrogen-bond donors (Lipinski definition) is 0. The summed E-state index contributed by atoms with van der Waals surface area (Å²) in [6.07, 6.45) is 0.385. The Balaban J connectivity index is 1.85. The van der Waals surface area contributed by atoms with Gasteiger partial charge in [-0.2, -0.15) is 5.10 Å². The molecule has 0 aliphatic carbocycles. The maximum absolute atomic E-state index is 13.2. The van der Waals surface area contributed by atoms with Crippen molar-refractivity contribution in [3.8, 4) is 5.69 Å². The minimum Gasteiger partial charge on any atom is -0.292 e. The first kappa shape index (κ1) is 17.5. The zero-order valence-electron chi connectivity index (χ0n) is 16.4. The molecule has 0 spiro atoms. The Bertz CT molecular complexity index is 993. The number of carbonyl (C=O) groups excluding carboxylic acids is 1. The largest absolute Gasteiger partial charge is 0.292 e. The number of aryl methyl sites for hydroxylation is 1. The highest BCUT2D eigenvalue weighted by Crippen LogP contribution is 2.33. The van der Waals surface area contributed by atoms with Gasteiger partial charge in [-0.3, -0.25) is 9.69 Å². The quantitative estimate of drug-likeness (QED) is 0.672. The molecule has 4 heteroatoms. The molecule has 0 unspecified atom stereocenters. The maximum Gasteiger partial charge on any atom is 0.232 e. The van der Waals surface area contributed by atoms with Crippen LogP contribution in [0.25, 0.3) is 5.69 Å². The number of carbonyl (C=O) groups is 1. The summed E-state index contributed by atoms with van der Waals surface area (Å²) in [6, 6.07) is 18.5. The highest BCUT2D eigenvalue weighted by atomic mass is 16.2. The minimum absolute atomic E-state index is 0.0906. The summed E-state index contributed by atoms with van der Waals surface area (Å²) in [5.41, 5.74) is 5.22. The molecule has 0 bridgehead atoms. The molecule has 2 heterocycles. The van der Waals surface area contributed by atoms with Crippen LogP contribution >= 0.6 is 0 Å². The fourth-order valence-corrected chi connectivity index (χ4v) is 3.41. The number of anilines is 1. The molecule has 0 saturated carbocycles. The molecule has 138 valence electrons. The number of amides is 1. The van der Waals surface area contributed by atoms with Crippen LogP contribution in [0.3, 0.4) is 0 Å². The maximum atomic E-state index is 13.2. The smallest absolute Gasteiger partial charge is 0.232 e. The van der Waals surface area contributed by atoms with Gasteiger partial charge in [0.2, 0.25) is 5.91 Å². The molecule has 1 aromatic heterocycles. The van der Waals surface area contributed by atoms with Crippen LogP contribution in [0, 0.1) is 6.92 Å². The average Bonchev–Trinajstić information content (AvgIpc) is 3.03. The van der Waals surface area contributed by atoms with E-state index in [0.717, 1.165) is 28.3 Å². The predicted octanol–water partition coefficient (Wildman–Crippen LogP) is 4.57. The summed E-state index contributed by atoms with van der Waals surface area (Å²) in [4.78, 5) is 15.0. The molecule has 4 rings (SSSR count). The second-order valence-electron chi connectivity index (χ2n) is 8.32. The summed E-state index contributed by atoms with van der Waals surface area (Å²) in [5.74, 6) is 0.942. The monoisotopic (exact) mass is 359 g/mol. The van der Waals surface area contributed by atoms with E-state index in [-0.39, 0.29) is 11.3 Å². The van der Waals surface area contributed by atoms with Gasteiger partial charge >= 0.3 is 0 Å². The summed E-state index contributed by atoms with van der Waals surface area (Å²) >= 11 is 0. The summed E-state index contributed by atoms with van der Waals surface area (Å²) < 4.78 is 1.94. The van der Waals surface area contributed by atoms with Crippen LogP contribution in [0.15, 0.2) is 54.6 Å². The summed E-state index contributed by atoms with van der Waals surface area (Å²) in [5, 5.41) is 4.89. The number of fused-ring (bicyclic) bond motifs is 3. The fourth-order valence-electron chi connectivity index (χ4n) is 3.41. The van der Waals surface area contributed by atoms with E-state index < -0.39 is 0 Å².